The second kappa shape index (κ2) is 10.6. The van der Waals surface area contributed by atoms with Crippen LogP contribution in [0.3, 0.4) is 0 Å². The zero-order chi connectivity index (χ0) is 25.5. The van der Waals surface area contributed by atoms with Gasteiger partial charge in [-0.25, -0.2) is 18.1 Å². The maximum Gasteiger partial charge on any atom is 0.264 e. The molecule has 1 amide bonds. The number of pyridine rings is 2. The molecule has 2 atom stereocenters. The number of nitrogens with one attached hydrogen (secondary N) is 1. The molecule has 1 aliphatic rings. The maximum absolute atomic E-state index is 13.8. The van der Waals surface area contributed by atoms with Gasteiger partial charge in [0.25, 0.3) is 10.0 Å². The zero-order valence-corrected chi connectivity index (χ0v) is 25.8. The molecule has 1 fully saturated rings. The predicted molar refractivity (Wildman–Crippen MR) is 136 cm³/mol. The van der Waals surface area contributed by atoms with E-state index >= 15 is 0 Å². The average molecular weight is 739 g/mol. The van der Waals surface area contributed by atoms with E-state index in [2.05, 4.69) is 20.8 Å². The van der Waals surface area contributed by atoms with Crippen LogP contribution in [0.1, 0.15) is 41.8 Å². The fourth-order valence-electron chi connectivity index (χ4n) is 4.71. The van der Waals surface area contributed by atoms with Gasteiger partial charge in [-0.2, -0.15) is 29.8 Å². The number of aromatic nitrogens is 2. The van der Waals surface area contributed by atoms with Crippen LogP contribution in [0.5, 0.6) is 5.88 Å². The Balaban J connectivity index is 0.00000320. The van der Waals surface area contributed by atoms with Gasteiger partial charge in [0.05, 0.1) is 22.4 Å². The summed E-state index contributed by atoms with van der Waals surface area (Å²) < 4.78 is 34.9. The molecule has 37 heavy (non-hydrogen) atoms. The molecule has 0 radical (unpaired) electrons. The smallest absolute Gasteiger partial charge is 0.264 e. The number of nitrogens with zero attached hydrogens (tertiary/aromatic N) is 2. The third-order valence-electron chi connectivity index (χ3n) is 6.55. The van der Waals surface area contributed by atoms with E-state index in [-0.39, 0.29) is 41.9 Å². The minimum Gasteiger partial charge on any atom is -0.478 e. The minimum absolute atomic E-state index is 0. The van der Waals surface area contributed by atoms with Gasteiger partial charge >= 0.3 is 0 Å². The third-order valence-corrected chi connectivity index (χ3v) is 7.93. The molecule has 1 saturated carbocycles. The molecule has 2 heterocycles. The SMILES string of the molecule is CCOc1cccc([C@H]2C[C@@]2(C(=O)NS(=O)(=O)c2cccc3nc(C)ccc23)c2[c-]ccc(C)c2)n1.[U]. The molecule has 1 N–H and O–H groups in total. The number of aryl methyl sites for hydroxylation is 2. The number of ether oxygens (including phenoxy) is 1. The molecule has 2 aromatic carbocycles. The minimum atomic E-state index is -4.18. The largest absolute Gasteiger partial charge is 0.478 e. The van der Waals surface area contributed by atoms with E-state index in [1.807, 2.05) is 45.0 Å². The molecule has 0 bridgehead atoms. The first-order valence-corrected chi connectivity index (χ1v) is 13.2. The summed E-state index contributed by atoms with van der Waals surface area (Å²) in [6.07, 6.45) is 0.410. The van der Waals surface area contributed by atoms with Crippen LogP contribution in [-0.4, -0.2) is 30.9 Å². The van der Waals surface area contributed by atoms with Crippen molar-refractivity contribution in [2.75, 3.05) is 6.61 Å². The van der Waals surface area contributed by atoms with E-state index in [9.17, 15) is 13.2 Å². The first kappa shape index (κ1) is 27.3. The number of benzene rings is 2. The van der Waals surface area contributed by atoms with Crippen molar-refractivity contribution in [1.82, 2.24) is 14.7 Å². The van der Waals surface area contributed by atoms with Crippen LogP contribution in [0.15, 0.2) is 71.6 Å². The van der Waals surface area contributed by atoms with Crippen LogP contribution in [-0.2, 0) is 20.2 Å². The van der Waals surface area contributed by atoms with Crippen molar-refractivity contribution in [2.24, 2.45) is 0 Å². The molecule has 9 heteroatoms. The molecule has 5 rings (SSSR count). The number of fused-ring (bicyclic) bond motifs is 1. The fraction of sp³-hybridized carbons (Fsp3) is 0.250. The normalized spacial score (nSPS) is 18.6. The Kier molecular flexibility index (Phi) is 7.80. The van der Waals surface area contributed by atoms with E-state index in [1.54, 1.807) is 36.4 Å². The second-order valence-electron chi connectivity index (χ2n) is 9.05. The Morgan fingerprint density at radius 1 is 1.11 bits per heavy atom. The molecule has 0 spiro atoms. The van der Waals surface area contributed by atoms with Crippen LogP contribution < -0.4 is 9.46 Å². The summed E-state index contributed by atoms with van der Waals surface area (Å²) in [6.45, 7) is 6.11. The molecule has 4 aromatic rings. The van der Waals surface area contributed by atoms with Crippen LogP contribution in [0.2, 0.25) is 0 Å². The number of carbonyl (C=O) groups is 1. The average Bonchev–Trinajstić information content (AvgIpc) is 3.61. The summed E-state index contributed by atoms with van der Waals surface area (Å²) in [4.78, 5) is 22.8. The van der Waals surface area contributed by atoms with E-state index in [4.69, 9.17) is 4.74 Å². The van der Waals surface area contributed by atoms with Crippen LogP contribution in [0.4, 0.5) is 0 Å². The summed E-state index contributed by atoms with van der Waals surface area (Å²) in [7, 11) is -4.18. The van der Waals surface area contributed by atoms with Crippen LogP contribution in [0.25, 0.3) is 10.9 Å². The molecule has 188 valence electrons. The summed E-state index contributed by atoms with van der Waals surface area (Å²) in [6, 6.07) is 22.4. The van der Waals surface area contributed by atoms with E-state index in [0.29, 0.717) is 41.1 Å². The van der Waals surface area contributed by atoms with Crippen molar-refractivity contribution in [3.8, 4) is 5.88 Å². The van der Waals surface area contributed by atoms with Gasteiger partial charge in [0.15, 0.2) is 0 Å². The number of amides is 1. The van der Waals surface area contributed by atoms with Crippen molar-refractivity contribution in [3.05, 3.63) is 95.3 Å². The Morgan fingerprint density at radius 3 is 2.65 bits per heavy atom. The molecule has 0 aliphatic heterocycles. The van der Waals surface area contributed by atoms with Crippen molar-refractivity contribution < 1.29 is 49.1 Å². The summed E-state index contributed by atoms with van der Waals surface area (Å²) in [5.74, 6) is -0.450. The molecule has 0 saturated heterocycles. The van der Waals surface area contributed by atoms with Gasteiger partial charge in [0.2, 0.25) is 11.8 Å². The molecular formula is C28H26N3O4SU-. The topological polar surface area (TPSA) is 98.2 Å². The van der Waals surface area contributed by atoms with E-state index in [1.165, 1.54) is 6.07 Å². The van der Waals surface area contributed by atoms with Gasteiger partial charge in [-0.15, -0.1) is 5.56 Å². The van der Waals surface area contributed by atoms with Crippen molar-refractivity contribution in [1.29, 1.82) is 0 Å². The number of hydrogen-bond donors (Lipinski definition) is 1. The van der Waals surface area contributed by atoms with Gasteiger partial charge in [-0.05, 0) is 50.6 Å². The quantitative estimate of drug-likeness (QED) is 0.283. The first-order valence-electron chi connectivity index (χ1n) is 11.8. The number of sulfonamides is 1. The van der Waals surface area contributed by atoms with Gasteiger partial charge in [0.1, 0.15) is 0 Å². The van der Waals surface area contributed by atoms with Gasteiger partial charge in [0, 0.05) is 59.9 Å². The molecule has 1 aliphatic carbocycles. The summed E-state index contributed by atoms with van der Waals surface area (Å²) in [5.41, 5.74) is 2.48. The number of carbonyl (C=O) groups excluding carboxylic acids is 1. The van der Waals surface area contributed by atoms with Crippen molar-refractivity contribution >= 4 is 26.8 Å². The summed E-state index contributed by atoms with van der Waals surface area (Å²) >= 11 is 0. The van der Waals surface area contributed by atoms with E-state index < -0.39 is 21.3 Å². The Hall–Kier alpha value is -2.73. The molecular weight excluding hydrogens is 712 g/mol. The van der Waals surface area contributed by atoms with Crippen LogP contribution in [0, 0.1) is 51.0 Å². The summed E-state index contributed by atoms with van der Waals surface area (Å²) in [5, 5.41) is 0.456. The standard InChI is InChI=1S/C28H26N3O4S.U/c1-4-35-26-13-7-11-24(30-26)22-17-28(22,20-9-5-8-18(2)16-20)27(32)31-36(33,34)25-12-6-10-23-21(25)15-14-19(3)29-23;/h5-8,10-16,22H,4,17H2,1-3H3,(H,31,32);/q-1;/t22-,28-;/m1./s1. The van der Waals surface area contributed by atoms with E-state index in [0.717, 1.165) is 11.3 Å². The third kappa shape index (κ3) is 5.18. The molecule has 0 unspecified atom stereocenters. The molecule has 2 aromatic heterocycles. The fourth-order valence-corrected chi connectivity index (χ4v) is 5.97. The van der Waals surface area contributed by atoms with Crippen molar-refractivity contribution in [2.45, 2.75) is 43.4 Å². The first-order chi connectivity index (χ1) is 17.2. The maximum atomic E-state index is 13.8. The predicted octanol–water partition coefficient (Wildman–Crippen LogP) is 4.38. The van der Waals surface area contributed by atoms with Gasteiger partial charge < -0.3 is 4.74 Å². The Bertz CT molecular complexity index is 1590. The monoisotopic (exact) mass is 738 g/mol. The van der Waals surface area contributed by atoms with Crippen LogP contribution >= 0.6 is 0 Å². The number of hydrogen-bond acceptors (Lipinski definition) is 6. The van der Waals surface area contributed by atoms with Crippen molar-refractivity contribution in [3.63, 3.8) is 0 Å². The molecule has 7 nitrogen and oxygen atoms in total. The van der Waals surface area contributed by atoms with Gasteiger partial charge in [-0.3, -0.25) is 9.78 Å². The Labute approximate surface area is 240 Å². The zero-order valence-electron chi connectivity index (χ0n) is 20.8. The number of rotatable bonds is 7. The second-order valence-corrected chi connectivity index (χ2v) is 10.7. The van der Waals surface area contributed by atoms with Gasteiger partial charge in [-0.1, -0.05) is 19.1 Å². The Morgan fingerprint density at radius 2 is 1.89 bits per heavy atom.